The normalized spacial score (nSPS) is 20.1. The lowest BCUT2D eigenvalue weighted by Crippen LogP contribution is -2.44. The Hall–Kier alpha value is -3.60. The number of ether oxygens (including phenoxy) is 1. The Kier molecular flexibility index (Phi) is 5.51. The first-order valence-electron chi connectivity index (χ1n) is 10.3. The average molecular weight is 415 g/mol. The van der Waals surface area contributed by atoms with Crippen molar-refractivity contribution in [1.29, 1.82) is 0 Å². The predicted octanol–water partition coefficient (Wildman–Crippen LogP) is 4.99. The highest BCUT2D eigenvalue weighted by atomic mass is 16.7. The zero-order valence-electron chi connectivity index (χ0n) is 17.8. The molecule has 2 atom stereocenters. The highest BCUT2D eigenvalue weighted by Gasteiger charge is 2.59. The number of nitrogens with zero attached hydrogens (tertiary/aromatic N) is 1. The van der Waals surface area contributed by atoms with Gasteiger partial charge in [-0.1, -0.05) is 83.0 Å². The summed E-state index contributed by atoms with van der Waals surface area (Å²) in [6.07, 6.45) is 0. The van der Waals surface area contributed by atoms with E-state index in [-0.39, 0.29) is 12.4 Å². The molecule has 1 N–H and O–H groups in total. The number of hydrogen-bond acceptors (Lipinski definition) is 5. The minimum Gasteiger partial charge on any atom is -0.507 e. The third-order valence-corrected chi connectivity index (χ3v) is 5.61. The van der Waals surface area contributed by atoms with E-state index in [1.165, 1.54) is 6.07 Å². The molecule has 0 saturated heterocycles. The van der Waals surface area contributed by atoms with E-state index in [2.05, 4.69) is 5.16 Å². The quantitative estimate of drug-likeness (QED) is 0.597. The average Bonchev–Trinajstić information content (AvgIpc) is 3.17. The summed E-state index contributed by atoms with van der Waals surface area (Å²) in [4.78, 5) is 19.4. The molecule has 0 fully saturated rings. The molecule has 0 amide bonds. The number of carbonyl (C=O) groups excluding carboxylic acids is 1. The molecule has 1 aliphatic heterocycles. The number of oxime groups is 1. The van der Waals surface area contributed by atoms with Crippen molar-refractivity contribution in [2.24, 2.45) is 5.16 Å². The summed E-state index contributed by atoms with van der Waals surface area (Å²) >= 11 is 0. The van der Waals surface area contributed by atoms with Crippen LogP contribution in [0.3, 0.4) is 0 Å². The number of carbonyl (C=O) groups is 1. The minimum atomic E-state index is -1.64. The lowest BCUT2D eigenvalue weighted by atomic mass is 9.73. The molecule has 0 radical (unpaired) electrons. The van der Waals surface area contributed by atoms with Crippen molar-refractivity contribution in [3.63, 3.8) is 0 Å². The summed E-state index contributed by atoms with van der Waals surface area (Å²) < 4.78 is 5.47. The van der Waals surface area contributed by atoms with Gasteiger partial charge in [0.25, 0.3) is 5.60 Å². The first-order valence-corrected chi connectivity index (χ1v) is 10.3. The van der Waals surface area contributed by atoms with Gasteiger partial charge in [-0.05, 0) is 32.4 Å². The van der Waals surface area contributed by atoms with Gasteiger partial charge in [-0.2, -0.15) is 0 Å². The van der Waals surface area contributed by atoms with Crippen LogP contribution in [0, 0.1) is 13.8 Å². The van der Waals surface area contributed by atoms with E-state index in [0.717, 1.165) is 22.3 Å². The lowest BCUT2D eigenvalue weighted by molar-refractivity contribution is -0.172. The molecule has 0 saturated carbocycles. The Bertz CT molecular complexity index is 1120. The van der Waals surface area contributed by atoms with Crippen molar-refractivity contribution in [1.82, 2.24) is 0 Å². The molecule has 31 heavy (non-hydrogen) atoms. The highest BCUT2D eigenvalue weighted by Crippen LogP contribution is 2.50. The topological polar surface area (TPSA) is 68.1 Å². The molecule has 5 nitrogen and oxygen atoms in total. The zero-order chi connectivity index (χ0) is 22.0. The van der Waals surface area contributed by atoms with E-state index in [4.69, 9.17) is 9.57 Å². The first-order chi connectivity index (χ1) is 15.0. The Balaban J connectivity index is 1.96. The maximum atomic E-state index is 13.5. The predicted molar refractivity (Wildman–Crippen MR) is 119 cm³/mol. The van der Waals surface area contributed by atoms with E-state index < -0.39 is 17.5 Å². The number of aryl methyl sites for hydroxylation is 2. The van der Waals surface area contributed by atoms with Crippen LogP contribution in [0.1, 0.15) is 40.7 Å². The van der Waals surface area contributed by atoms with Crippen molar-refractivity contribution in [2.45, 2.75) is 32.3 Å². The van der Waals surface area contributed by atoms with Crippen LogP contribution in [0.15, 0.2) is 78.0 Å². The van der Waals surface area contributed by atoms with Gasteiger partial charge in [0.15, 0.2) is 0 Å². The van der Waals surface area contributed by atoms with Gasteiger partial charge in [0, 0.05) is 5.56 Å². The Labute approximate surface area is 181 Å². The molecule has 5 heteroatoms. The number of aromatic hydroxyl groups is 1. The molecular formula is C26H25NO4. The number of rotatable bonds is 5. The third-order valence-electron chi connectivity index (χ3n) is 5.61. The second kappa shape index (κ2) is 8.26. The second-order valence-corrected chi connectivity index (χ2v) is 7.75. The van der Waals surface area contributed by atoms with Crippen molar-refractivity contribution < 1.29 is 19.5 Å². The van der Waals surface area contributed by atoms with E-state index in [1.807, 2.05) is 62.4 Å². The van der Waals surface area contributed by atoms with Crippen molar-refractivity contribution in [3.05, 3.63) is 101 Å². The third kappa shape index (κ3) is 3.56. The van der Waals surface area contributed by atoms with Gasteiger partial charge in [-0.15, -0.1) is 0 Å². The minimum absolute atomic E-state index is 0.0481. The van der Waals surface area contributed by atoms with E-state index in [1.54, 1.807) is 25.1 Å². The van der Waals surface area contributed by atoms with Gasteiger partial charge in [-0.3, -0.25) is 0 Å². The number of esters is 1. The maximum absolute atomic E-state index is 13.5. The Morgan fingerprint density at radius 2 is 1.61 bits per heavy atom. The number of phenols is 1. The summed E-state index contributed by atoms with van der Waals surface area (Å²) in [6.45, 7) is 5.94. The molecule has 3 aromatic rings. The Morgan fingerprint density at radius 1 is 1.00 bits per heavy atom. The van der Waals surface area contributed by atoms with Gasteiger partial charge in [0.1, 0.15) is 5.75 Å². The lowest BCUT2D eigenvalue weighted by Gasteiger charge is -2.32. The molecule has 0 aliphatic carbocycles. The zero-order valence-corrected chi connectivity index (χ0v) is 17.8. The van der Waals surface area contributed by atoms with Gasteiger partial charge in [0.05, 0.1) is 23.8 Å². The van der Waals surface area contributed by atoms with Crippen LogP contribution in [0.2, 0.25) is 0 Å². The molecule has 0 spiro atoms. The molecule has 0 unspecified atom stereocenters. The van der Waals surface area contributed by atoms with E-state index in [0.29, 0.717) is 11.3 Å². The summed E-state index contributed by atoms with van der Waals surface area (Å²) in [5.41, 5.74) is 3.20. The molecule has 4 rings (SSSR count). The standard InChI is InChI=1S/C26H25NO4/c1-4-30-25(29)26(21-7-5-6-8-22(21)28)23(19-13-9-17(2)10-14-19)24(27-31-26)20-15-11-18(3)12-16-20/h5-16,23,28H,4H2,1-3H3/t23-,26-/m0/s1. The smallest absolute Gasteiger partial charge is 0.359 e. The molecule has 158 valence electrons. The fourth-order valence-electron chi connectivity index (χ4n) is 4.01. The Morgan fingerprint density at radius 3 is 2.23 bits per heavy atom. The second-order valence-electron chi connectivity index (χ2n) is 7.75. The van der Waals surface area contributed by atoms with Crippen LogP contribution in [-0.4, -0.2) is 23.4 Å². The van der Waals surface area contributed by atoms with E-state index >= 15 is 0 Å². The molecule has 1 aliphatic rings. The number of para-hydroxylation sites is 1. The summed E-state index contributed by atoms with van der Waals surface area (Å²) in [5.74, 6) is -1.25. The largest absolute Gasteiger partial charge is 0.507 e. The van der Waals surface area contributed by atoms with Crippen molar-refractivity contribution >= 4 is 11.7 Å². The monoisotopic (exact) mass is 415 g/mol. The maximum Gasteiger partial charge on any atom is 0.359 e. The van der Waals surface area contributed by atoms with Gasteiger partial charge in [0.2, 0.25) is 0 Å². The molecule has 1 heterocycles. The van der Waals surface area contributed by atoms with Crippen LogP contribution >= 0.6 is 0 Å². The van der Waals surface area contributed by atoms with Gasteiger partial charge < -0.3 is 14.7 Å². The number of hydrogen-bond donors (Lipinski definition) is 1. The molecule has 0 aromatic heterocycles. The van der Waals surface area contributed by atoms with Crippen LogP contribution in [0.4, 0.5) is 0 Å². The molecule has 3 aromatic carbocycles. The van der Waals surface area contributed by atoms with Crippen LogP contribution in [-0.2, 0) is 20.0 Å². The SMILES string of the molecule is CCOC(=O)[C@@]1(c2ccccc2O)ON=C(c2ccc(C)cc2)[C@@H]1c1ccc(C)cc1. The highest BCUT2D eigenvalue weighted by molar-refractivity contribution is 6.10. The van der Waals surface area contributed by atoms with Crippen molar-refractivity contribution in [2.75, 3.05) is 6.61 Å². The first kappa shape index (κ1) is 20.7. The summed E-state index contributed by atoms with van der Waals surface area (Å²) in [5, 5.41) is 15.1. The van der Waals surface area contributed by atoms with Crippen LogP contribution in [0.5, 0.6) is 5.75 Å². The van der Waals surface area contributed by atoms with E-state index in [9.17, 15) is 9.90 Å². The number of benzene rings is 3. The van der Waals surface area contributed by atoms with Crippen LogP contribution in [0.25, 0.3) is 0 Å². The van der Waals surface area contributed by atoms with Crippen molar-refractivity contribution in [3.8, 4) is 5.75 Å². The number of phenolic OH excluding ortho intramolecular Hbond substituents is 1. The fourth-order valence-corrected chi connectivity index (χ4v) is 4.01. The fraction of sp³-hybridized carbons (Fsp3) is 0.231. The van der Waals surface area contributed by atoms with Gasteiger partial charge in [-0.25, -0.2) is 4.79 Å². The van der Waals surface area contributed by atoms with Gasteiger partial charge >= 0.3 is 5.97 Å². The summed E-state index contributed by atoms with van der Waals surface area (Å²) in [7, 11) is 0. The molecular weight excluding hydrogens is 390 g/mol. The summed E-state index contributed by atoms with van der Waals surface area (Å²) in [6, 6.07) is 22.5. The van der Waals surface area contributed by atoms with Crippen LogP contribution < -0.4 is 0 Å². The molecule has 0 bridgehead atoms.